The summed E-state index contributed by atoms with van der Waals surface area (Å²) in [6.07, 6.45) is 3.44. The number of piperidine rings is 1. The number of nitrogens with zero attached hydrogens (tertiary/aromatic N) is 1. The molecule has 4 nitrogen and oxygen atoms in total. The number of primary amides is 1. The molecule has 1 amide bonds. The van der Waals surface area contributed by atoms with E-state index < -0.39 is 5.91 Å². The van der Waals surface area contributed by atoms with Crippen molar-refractivity contribution in [3.05, 3.63) is 23.5 Å². The normalized spacial score (nSPS) is 25.7. The number of halogens is 1. The van der Waals surface area contributed by atoms with Gasteiger partial charge in [-0.05, 0) is 37.3 Å². The molecule has 0 spiro atoms. The standard InChI is InChI=1S/C13H16FN3O/c14-10-5-11(15)9(13(16)18)4-12(10)17-6-7-1-2-8(17)3-7/h4-5,7-8H,1-3,6,15H2,(H2,16,18). The van der Waals surface area contributed by atoms with Crippen molar-refractivity contribution in [2.45, 2.75) is 25.3 Å². The van der Waals surface area contributed by atoms with Gasteiger partial charge in [-0.2, -0.15) is 0 Å². The maximum Gasteiger partial charge on any atom is 0.250 e. The molecule has 1 heterocycles. The van der Waals surface area contributed by atoms with Crippen LogP contribution in [-0.4, -0.2) is 18.5 Å². The molecule has 0 aromatic heterocycles. The minimum absolute atomic E-state index is 0.105. The predicted molar refractivity (Wildman–Crippen MR) is 67.8 cm³/mol. The van der Waals surface area contributed by atoms with Crippen LogP contribution in [0.15, 0.2) is 12.1 Å². The molecule has 1 aliphatic carbocycles. The number of nitrogen functional groups attached to an aromatic ring is 1. The Kier molecular flexibility index (Phi) is 2.43. The van der Waals surface area contributed by atoms with Crippen LogP contribution < -0.4 is 16.4 Å². The highest BCUT2D eigenvalue weighted by Gasteiger charge is 2.39. The Balaban J connectivity index is 2.01. The molecule has 1 aliphatic heterocycles. The van der Waals surface area contributed by atoms with Crippen LogP contribution in [0.25, 0.3) is 0 Å². The number of fused-ring (bicyclic) bond motifs is 2. The fourth-order valence-corrected chi connectivity index (χ4v) is 3.23. The molecule has 4 N–H and O–H groups in total. The third-order valence-corrected chi connectivity index (χ3v) is 4.10. The van der Waals surface area contributed by atoms with E-state index in [4.69, 9.17) is 11.5 Å². The van der Waals surface area contributed by atoms with Gasteiger partial charge in [0.2, 0.25) is 0 Å². The number of rotatable bonds is 2. The van der Waals surface area contributed by atoms with Crippen molar-refractivity contribution in [3.63, 3.8) is 0 Å². The fraction of sp³-hybridized carbons (Fsp3) is 0.462. The highest BCUT2D eigenvalue weighted by Crippen LogP contribution is 2.41. The van der Waals surface area contributed by atoms with Crippen LogP contribution in [0, 0.1) is 11.7 Å². The van der Waals surface area contributed by atoms with Crippen LogP contribution in [0.1, 0.15) is 29.6 Å². The summed E-state index contributed by atoms with van der Waals surface area (Å²) in [7, 11) is 0. The monoisotopic (exact) mass is 249 g/mol. The number of amides is 1. The molecule has 1 saturated carbocycles. The van der Waals surface area contributed by atoms with E-state index in [0.717, 1.165) is 19.4 Å². The van der Waals surface area contributed by atoms with Crippen molar-refractivity contribution in [1.82, 2.24) is 0 Å². The van der Waals surface area contributed by atoms with Gasteiger partial charge in [-0.25, -0.2) is 4.39 Å². The molecule has 0 radical (unpaired) electrons. The van der Waals surface area contributed by atoms with Crippen LogP contribution >= 0.6 is 0 Å². The van der Waals surface area contributed by atoms with Crippen molar-refractivity contribution >= 4 is 17.3 Å². The molecule has 1 aromatic carbocycles. The fourth-order valence-electron chi connectivity index (χ4n) is 3.23. The smallest absolute Gasteiger partial charge is 0.250 e. The Morgan fingerprint density at radius 2 is 2.17 bits per heavy atom. The average molecular weight is 249 g/mol. The summed E-state index contributed by atoms with van der Waals surface area (Å²) in [6, 6.07) is 3.09. The van der Waals surface area contributed by atoms with E-state index in [2.05, 4.69) is 4.90 Å². The maximum atomic E-state index is 14.0. The molecule has 2 aliphatic rings. The zero-order chi connectivity index (χ0) is 12.9. The first kappa shape index (κ1) is 11.3. The molecular formula is C13H16FN3O. The number of benzene rings is 1. The van der Waals surface area contributed by atoms with Crippen LogP contribution in [0.2, 0.25) is 0 Å². The number of carbonyl (C=O) groups excluding carboxylic acids is 1. The predicted octanol–water partition coefficient (Wildman–Crippen LogP) is 1.50. The number of carbonyl (C=O) groups is 1. The van der Waals surface area contributed by atoms with Crippen molar-refractivity contribution in [2.24, 2.45) is 11.7 Å². The van der Waals surface area contributed by atoms with Gasteiger partial charge in [-0.3, -0.25) is 4.79 Å². The van der Waals surface area contributed by atoms with Crippen molar-refractivity contribution in [2.75, 3.05) is 17.2 Å². The van der Waals surface area contributed by atoms with Gasteiger partial charge >= 0.3 is 0 Å². The van der Waals surface area contributed by atoms with E-state index in [-0.39, 0.29) is 17.1 Å². The average Bonchev–Trinajstić information content (AvgIpc) is 2.90. The molecule has 1 aromatic rings. The van der Waals surface area contributed by atoms with Gasteiger partial charge in [0.1, 0.15) is 5.82 Å². The maximum absolute atomic E-state index is 14.0. The molecule has 1 saturated heterocycles. The molecular weight excluding hydrogens is 233 g/mol. The Bertz CT molecular complexity index is 517. The number of hydrogen-bond acceptors (Lipinski definition) is 3. The molecule has 5 heteroatoms. The summed E-state index contributed by atoms with van der Waals surface area (Å²) in [5.41, 5.74) is 11.6. The summed E-state index contributed by atoms with van der Waals surface area (Å²) >= 11 is 0. The van der Waals surface area contributed by atoms with Crippen molar-refractivity contribution < 1.29 is 9.18 Å². The van der Waals surface area contributed by atoms with E-state index in [1.54, 1.807) is 0 Å². The van der Waals surface area contributed by atoms with Crippen LogP contribution in [0.5, 0.6) is 0 Å². The van der Waals surface area contributed by atoms with E-state index in [1.165, 1.54) is 18.6 Å². The lowest BCUT2D eigenvalue weighted by Crippen LogP contribution is -2.33. The van der Waals surface area contributed by atoms with E-state index in [9.17, 15) is 9.18 Å². The van der Waals surface area contributed by atoms with Crippen LogP contribution in [0.3, 0.4) is 0 Å². The Labute approximate surface area is 105 Å². The zero-order valence-electron chi connectivity index (χ0n) is 10.0. The van der Waals surface area contributed by atoms with E-state index in [1.807, 2.05) is 0 Å². The number of anilines is 2. The third kappa shape index (κ3) is 1.62. The lowest BCUT2D eigenvalue weighted by molar-refractivity contribution is 0.100. The first-order valence-corrected chi connectivity index (χ1v) is 6.21. The van der Waals surface area contributed by atoms with Crippen LogP contribution in [-0.2, 0) is 0 Å². The molecule has 2 unspecified atom stereocenters. The quantitative estimate of drug-likeness (QED) is 0.780. The highest BCUT2D eigenvalue weighted by atomic mass is 19.1. The number of nitrogens with two attached hydrogens (primary N) is 2. The summed E-state index contributed by atoms with van der Waals surface area (Å²) in [4.78, 5) is 13.3. The van der Waals surface area contributed by atoms with E-state index >= 15 is 0 Å². The highest BCUT2D eigenvalue weighted by molar-refractivity contribution is 5.99. The minimum Gasteiger partial charge on any atom is -0.398 e. The number of hydrogen-bond donors (Lipinski definition) is 2. The van der Waals surface area contributed by atoms with Gasteiger partial charge in [-0.1, -0.05) is 0 Å². The second-order valence-corrected chi connectivity index (χ2v) is 5.24. The summed E-state index contributed by atoms with van der Waals surface area (Å²) in [5, 5.41) is 0. The summed E-state index contributed by atoms with van der Waals surface area (Å²) < 4.78 is 14.0. The SMILES string of the molecule is NC(=O)c1cc(N2CC3CCC2C3)c(F)cc1N. The minimum atomic E-state index is -0.613. The Morgan fingerprint density at radius 3 is 2.72 bits per heavy atom. The van der Waals surface area contributed by atoms with Gasteiger partial charge < -0.3 is 16.4 Å². The molecule has 3 rings (SSSR count). The lowest BCUT2D eigenvalue weighted by Gasteiger charge is -2.29. The van der Waals surface area contributed by atoms with Gasteiger partial charge in [0.05, 0.1) is 11.3 Å². The zero-order valence-corrected chi connectivity index (χ0v) is 10.0. The van der Waals surface area contributed by atoms with Gasteiger partial charge in [0.15, 0.2) is 0 Å². The first-order valence-electron chi connectivity index (χ1n) is 6.21. The molecule has 2 bridgehead atoms. The third-order valence-electron chi connectivity index (χ3n) is 4.10. The lowest BCUT2D eigenvalue weighted by atomic mass is 10.1. The topological polar surface area (TPSA) is 72.4 Å². The van der Waals surface area contributed by atoms with Crippen molar-refractivity contribution in [3.8, 4) is 0 Å². The summed E-state index contributed by atoms with van der Waals surface area (Å²) in [6.45, 7) is 0.865. The largest absolute Gasteiger partial charge is 0.398 e. The molecule has 18 heavy (non-hydrogen) atoms. The Hall–Kier alpha value is -1.78. The molecule has 2 atom stereocenters. The van der Waals surface area contributed by atoms with Gasteiger partial charge in [0.25, 0.3) is 5.91 Å². The first-order chi connectivity index (χ1) is 8.56. The van der Waals surface area contributed by atoms with Gasteiger partial charge in [0, 0.05) is 18.3 Å². The summed E-state index contributed by atoms with van der Waals surface area (Å²) in [5.74, 6) is -0.327. The molecule has 2 fully saturated rings. The second-order valence-electron chi connectivity index (χ2n) is 5.24. The molecule has 96 valence electrons. The Morgan fingerprint density at radius 1 is 1.39 bits per heavy atom. The van der Waals surface area contributed by atoms with E-state index in [0.29, 0.717) is 17.6 Å². The van der Waals surface area contributed by atoms with Gasteiger partial charge in [-0.15, -0.1) is 0 Å². The van der Waals surface area contributed by atoms with Crippen molar-refractivity contribution in [1.29, 1.82) is 0 Å². The van der Waals surface area contributed by atoms with Crippen LogP contribution in [0.4, 0.5) is 15.8 Å². The second kappa shape index (κ2) is 3.86.